The quantitative estimate of drug-likeness (QED) is 0.281. The first kappa shape index (κ1) is 26.2. The van der Waals surface area contributed by atoms with E-state index < -0.39 is 0 Å². The molecule has 0 spiro atoms. The number of methoxy groups -OCH3 is 4. The number of hydrogen-bond acceptors (Lipinski definition) is 6. The van der Waals surface area contributed by atoms with Gasteiger partial charge in [0, 0.05) is 23.8 Å². The van der Waals surface area contributed by atoms with E-state index >= 15 is 0 Å². The molecule has 0 bridgehead atoms. The predicted molar refractivity (Wildman–Crippen MR) is 140 cm³/mol. The molecule has 0 amide bonds. The average Bonchev–Trinajstić information content (AvgIpc) is 2.86. The van der Waals surface area contributed by atoms with Gasteiger partial charge in [-0.1, -0.05) is 31.9 Å². The summed E-state index contributed by atoms with van der Waals surface area (Å²) >= 11 is 0. The number of rotatable bonds is 11. The van der Waals surface area contributed by atoms with E-state index in [0.717, 1.165) is 12.8 Å². The van der Waals surface area contributed by atoms with Gasteiger partial charge in [-0.2, -0.15) is 0 Å². The van der Waals surface area contributed by atoms with Crippen molar-refractivity contribution >= 4 is 11.0 Å². The summed E-state index contributed by atoms with van der Waals surface area (Å²) in [7, 11) is 6.28. The van der Waals surface area contributed by atoms with Crippen molar-refractivity contribution in [3.63, 3.8) is 0 Å². The maximum Gasteiger partial charge on any atom is 0.200 e. The molecule has 3 aromatic rings. The van der Waals surface area contributed by atoms with E-state index in [-0.39, 0.29) is 5.43 Å². The number of ether oxygens (including phenoxy) is 4. The third-order valence-corrected chi connectivity index (χ3v) is 6.14. The van der Waals surface area contributed by atoms with Crippen LogP contribution in [0.1, 0.15) is 45.6 Å². The van der Waals surface area contributed by atoms with Gasteiger partial charge in [0.05, 0.1) is 34.0 Å². The van der Waals surface area contributed by atoms with Gasteiger partial charge in [-0.3, -0.25) is 4.79 Å². The smallest absolute Gasteiger partial charge is 0.200 e. The van der Waals surface area contributed by atoms with Crippen molar-refractivity contribution in [2.45, 2.75) is 46.5 Å². The summed E-state index contributed by atoms with van der Waals surface area (Å²) in [6.07, 6.45) is 5.86. The second-order valence-electron chi connectivity index (χ2n) is 9.05. The highest BCUT2D eigenvalue weighted by molar-refractivity contribution is 5.88. The van der Waals surface area contributed by atoms with E-state index in [2.05, 4.69) is 26.8 Å². The Hall–Kier alpha value is -3.41. The zero-order valence-electron chi connectivity index (χ0n) is 21.8. The maximum atomic E-state index is 13.9. The van der Waals surface area contributed by atoms with Crippen LogP contribution in [0.2, 0.25) is 0 Å². The fourth-order valence-corrected chi connectivity index (χ4v) is 4.13. The van der Waals surface area contributed by atoms with Gasteiger partial charge < -0.3 is 23.4 Å². The molecule has 0 radical (unpaired) electrons. The minimum atomic E-state index is -0.134. The van der Waals surface area contributed by atoms with E-state index in [9.17, 15) is 4.79 Å². The van der Waals surface area contributed by atoms with Crippen LogP contribution in [0.4, 0.5) is 0 Å². The second kappa shape index (κ2) is 11.8. The van der Waals surface area contributed by atoms with Crippen LogP contribution in [-0.4, -0.2) is 28.4 Å². The number of hydrogen-bond donors (Lipinski definition) is 0. The lowest BCUT2D eigenvalue weighted by Gasteiger charge is -2.15. The minimum absolute atomic E-state index is 0.134. The molecule has 6 heteroatoms. The monoisotopic (exact) mass is 480 g/mol. The zero-order chi connectivity index (χ0) is 25.5. The minimum Gasteiger partial charge on any atom is -0.497 e. The third-order valence-electron chi connectivity index (χ3n) is 6.14. The van der Waals surface area contributed by atoms with Crippen LogP contribution in [0.3, 0.4) is 0 Å². The number of fused-ring (bicyclic) bond motifs is 1. The van der Waals surface area contributed by atoms with Gasteiger partial charge in [0.1, 0.15) is 39.7 Å². The Balaban J connectivity index is 2.21. The summed E-state index contributed by atoms with van der Waals surface area (Å²) < 4.78 is 28.3. The molecule has 6 nitrogen and oxygen atoms in total. The molecule has 1 heterocycles. The van der Waals surface area contributed by atoms with Crippen LogP contribution in [0, 0.1) is 5.92 Å². The van der Waals surface area contributed by atoms with Gasteiger partial charge in [-0.05, 0) is 44.2 Å². The topological polar surface area (TPSA) is 67.1 Å². The van der Waals surface area contributed by atoms with Gasteiger partial charge in [-0.15, -0.1) is 0 Å². The first-order valence-corrected chi connectivity index (χ1v) is 11.9. The van der Waals surface area contributed by atoms with E-state index in [1.807, 2.05) is 12.1 Å². The lowest BCUT2D eigenvalue weighted by molar-refractivity contribution is 0.394. The van der Waals surface area contributed by atoms with Crippen LogP contribution in [-0.2, 0) is 6.42 Å². The van der Waals surface area contributed by atoms with Crippen molar-refractivity contribution in [1.29, 1.82) is 0 Å². The molecule has 0 N–H and O–H groups in total. The highest BCUT2D eigenvalue weighted by atomic mass is 16.5. The van der Waals surface area contributed by atoms with Crippen molar-refractivity contribution in [1.82, 2.24) is 0 Å². The van der Waals surface area contributed by atoms with Gasteiger partial charge in [0.25, 0.3) is 0 Å². The lowest BCUT2D eigenvalue weighted by Crippen LogP contribution is -2.12. The fourth-order valence-electron chi connectivity index (χ4n) is 4.13. The average molecular weight is 481 g/mol. The highest BCUT2D eigenvalue weighted by Gasteiger charge is 2.22. The molecule has 0 fully saturated rings. The third kappa shape index (κ3) is 5.99. The standard InChI is InChI=1S/C29H36O6/c1-18(2)9-8-10-19(3)11-13-23-28(30)27-25(34-7)16-21(32-5)17-26(27)35-29(23)22-14-12-20(31-4)15-24(22)33-6/h11-12,14-18H,8-10,13H2,1-7H3/b19-11+. The molecule has 3 rings (SSSR count). The Morgan fingerprint density at radius 3 is 2.26 bits per heavy atom. The van der Waals surface area contributed by atoms with Crippen LogP contribution >= 0.6 is 0 Å². The second-order valence-corrected chi connectivity index (χ2v) is 9.05. The Labute approximate surface area is 207 Å². The van der Waals surface area contributed by atoms with Gasteiger partial charge >= 0.3 is 0 Å². The van der Waals surface area contributed by atoms with Crippen LogP contribution in [0.15, 0.2) is 51.2 Å². The van der Waals surface area contributed by atoms with Gasteiger partial charge in [0.15, 0.2) is 0 Å². The Morgan fingerprint density at radius 2 is 1.63 bits per heavy atom. The van der Waals surface area contributed by atoms with E-state index in [0.29, 0.717) is 63.2 Å². The Bertz CT molecular complexity index is 1250. The molecule has 0 saturated carbocycles. The predicted octanol–water partition coefficient (Wildman–Crippen LogP) is 6.81. The highest BCUT2D eigenvalue weighted by Crippen LogP contribution is 2.38. The summed E-state index contributed by atoms with van der Waals surface area (Å²) in [4.78, 5) is 13.9. The summed E-state index contributed by atoms with van der Waals surface area (Å²) in [5.74, 6) is 3.30. The first-order valence-electron chi connectivity index (χ1n) is 11.9. The number of benzene rings is 2. The van der Waals surface area contributed by atoms with Crippen molar-refractivity contribution < 1.29 is 23.4 Å². The molecule has 0 aliphatic heterocycles. The maximum absolute atomic E-state index is 13.9. The molecule has 0 aliphatic carbocycles. The van der Waals surface area contributed by atoms with Gasteiger partial charge in [0.2, 0.25) is 5.43 Å². The largest absolute Gasteiger partial charge is 0.497 e. The normalized spacial score (nSPS) is 11.7. The molecule has 0 atom stereocenters. The molecule has 0 saturated heterocycles. The lowest BCUT2D eigenvalue weighted by atomic mass is 9.98. The Kier molecular flexibility index (Phi) is 8.85. The molecule has 35 heavy (non-hydrogen) atoms. The molecule has 1 aromatic heterocycles. The summed E-state index contributed by atoms with van der Waals surface area (Å²) in [6, 6.07) is 8.86. The summed E-state index contributed by atoms with van der Waals surface area (Å²) in [5.41, 5.74) is 2.73. The number of allylic oxidation sites excluding steroid dienone is 2. The van der Waals surface area contributed by atoms with Crippen molar-refractivity contribution in [2.24, 2.45) is 5.92 Å². The zero-order valence-corrected chi connectivity index (χ0v) is 21.8. The van der Waals surface area contributed by atoms with Crippen molar-refractivity contribution in [3.05, 3.63) is 57.8 Å². The van der Waals surface area contributed by atoms with Crippen molar-refractivity contribution in [3.8, 4) is 34.3 Å². The van der Waals surface area contributed by atoms with Gasteiger partial charge in [-0.25, -0.2) is 0 Å². The summed E-state index contributed by atoms with van der Waals surface area (Å²) in [5, 5.41) is 0.394. The molecule has 0 unspecified atom stereocenters. The molecule has 0 aliphatic rings. The van der Waals surface area contributed by atoms with E-state index in [4.69, 9.17) is 23.4 Å². The molecule has 188 valence electrons. The van der Waals surface area contributed by atoms with Crippen LogP contribution in [0.25, 0.3) is 22.3 Å². The van der Waals surface area contributed by atoms with Crippen molar-refractivity contribution in [2.75, 3.05) is 28.4 Å². The molecular formula is C29H36O6. The fraction of sp³-hybridized carbons (Fsp3) is 0.414. The molecular weight excluding hydrogens is 444 g/mol. The van der Waals surface area contributed by atoms with Crippen LogP contribution in [0.5, 0.6) is 23.0 Å². The van der Waals surface area contributed by atoms with E-state index in [1.54, 1.807) is 39.5 Å². The SMILES string of the molecule is COc1ccc(-c2oc3cc(OC)cc(OC)c3c(=O)c2C/C=C(\C)CCCC(C)C)c(OC)c1. The Morgan fingerprint density at radius 1 is 0.943 bits per heavy atom. The summed E-state index contributed by atoms with van der Waals surface area (Å²) in [6.45, 7) is 6.58. The van der Waals surface area contributed by atoms with Crippen LogP contribution < -0.4 is 24.4 Å². The van der Waals surface area contributed by atoms with E-state index in [1.165, 1.54) is 19.1 Å². The first-order chi connectivity index (χ1) is 16.8. The molecule has 2 aromatic carbocycles.